The number of halogens is 1. The van der Waals surface area contributed by atoms with Gasteiger partial charge in [0.2, 0.25) is 17.7 Å². The third-order valence-corrected chi connectivity index (χ3v) is 9.14. The van der Waals surface area contributed by atoms with Crippen LogP contribution in [0.4, 0.5) is 10.1 Å². The number of benzene rings is 3. The molecule has 1 aliphatic heterocycles. The highest BCUT2D eigenvalue weighted by atomic mass is 19.1. The Morgan fingerprint density at radius 1 is 0.939 bits per heavy atom. The number of carbonyl (C=O) groups is 3. The van der Waals surface area contributed by atoms with E-state index in [1.807, 2.05) is 30.3 Å². The van der Waals surface area contributed by atoms with Gasteiger partial charge in [0.1, 0.15) is 11.2 Å². The Morgan fingerprint density at radius 3 is 2.41 bits per heavy atom. The number of ether oxygens (including phenoxy) is 3. The number of methoxy groups -OCH3 is 1. The number of carbonyl (C=O) groups excluding carboxylic acids is 3. The molecule has 12 heteroatoms. The minimum atomic E-state index is -1.16. The highest BCUT2D eigenvalue weighted by molar-refractivity contribution is 6.13. The Hall–Kier alpha value is -5.23. The molecule has 0 bridgehead atoms. The van der Waals surface area contributed by atoms with E-state index in [1.165, 1.54) is 18.2 Å². The van der Waals surface area contributed by atoms with Crippen LogP contribution in [0, 0.1) is 17.2 Å². The van der Waals surface area contributed by atoms with E-state index in [-0.39, 0.29) is 23.3 Å². The summed E-state index contributed by atoms with van der Waals surface area (Å²) in [6.07, 6.45) is 4.26. The van der Waals surface area contributed by atoms with E-state index < -0.39 is 17.1 Å². The van der Waals surface area contributed by atoms with Crippen LogP contribution in [-0.2, 0) is 20.9 Å². The van der Waals surface area contributed by atoms with Gasteiger partial charge in [0.05, 0.1) is 25.8 Å². The molecule has 1 saturated carbocycles. The molecule has 256 valence electrons. The second kappa shape index (κ2) is 14.9. The summed E-state index contributed by atoms with van der Waals surface area (Å²) in [5.74, 6) is 0.198. The third-order valence-electron chi connectivity index (χ3n) is 9.14. The van der Waals surface area contributed by atoms with Gasteiger partial charge in [-0.15, -0.1) is 0 Å². The fourth-order valence-electron chi connectivity index (χ4n) is 5.95. The van der Waals surface area contributed by atoms with Crippen LogP contribution >= 0.6 is 0 Å². The lowest BCUT2D eigenvalue weighted by atomic mass is 9.98. The van der Waals surface area contributed by atoms with Crippen LogP contribution in [0.15, 0.2) is 72.9 Å². The lowest BCUT2D eigenvalue weighted by molar-refractivity contribution is -0.134. The normalized spacial score (nSPS) is 15.7. The zero-order chi connectivity index (χ0) is 34.4. The van der Waals surface area contributed by atoms with Gasteiger partial charge in [0, 0.05) is 43.0 Å². The third kappa shape index (κ3) is 7.92. The van der Waals surface area contributed by atoms with Crippen molar-refractivity contribution in [1.82, 2.24) is 20.5 Å². The number of likely N-dealkylation sites (tertiary alicyclic amines) is 1. The molecule has 3 amide bonds. The Bertz CT molecular complexity index is 1830. The van der Waals surface area contributed by atoms with Crippen molar-refractivity contribution >= 4 is 34.3 Å². The van der Waals surface area contributed by atoms with E-state index in [9.17, 15) is 14.4 Å². The lowest BCUT2D eigenvalue weighted by Crippen LogP contribution is -2.41. The smallest absolute Gasteiger partial charge is 0.240 e. The van der Waals surface area contributed by atoms with Crippen LogP contribution in [0.25, 0.3) is 10.9 Å². The number of nitrogens with one attached hydrogen (secondary N) is 3. The number of likely N-dealkylation sites (N-methyl/N-ethyl adjacent to an activating group) is 1. The van der Waals surface area contributed by atoms with E-state index in [0.29, 0.717) is 66.6 Å². The first-order valence-electron chi connectivity index (χ1n) is 16.4. The number of pyridine rings is 1. The molecule has 11 nitrogen and oxygen atoms in total. The summed E-state index contributed by atoms with van der Waals surface area (Å²) in [6.45, 7) is 2.88. The van der Waals surface area contributed by atoms with E-state index in [0.717, 1.165) is 31.5 Å². The fraction of sp³-hybridized carbons (Fsp3) is 0.351. The zero-order valence-electron chi connectivity index (χ0n) is 27.6. The second-order valence-corrected chi connectivity index (χ2v) is 12.5. The highest BCUT2D eigenvalue weighted by Crippen LogP contribution is 2.47. The van der Waals surface area contributed by atoms with Crippen LogP contribution in [0.2, 0.25) is 0 Å². The average molecular weight is 670 g/mol. The van der Waals surface area contributed by atoms with Crippen LogP contribution in [0.1, 0.15) is 31.2 Å². The molecule has 4 aromatic rings. The maximum Gasteiger partial charge on any atom is 0.240 e. The van der Waals surface area contributed by atoms with Gasteiger partial charge in [-0.1, -0.05) is 30.3 Å². The summed E-state index contributed by atoms with van der Waals surface area (Å²) in [6, 6.07) is 18.8. The molecular formula is C37H40FN5O6. The van der Waals surface area contributed by atoms with Gasteiger partial charge in [-0.25, -0.2) is 4.39 Å². The van der Waals surface area contributed by atoms with Crippen LogP contribution < -0.4 is 30.2 Å². The molecule has 49 heavy (non-hydrogen) atoms. The maximum absolute atomic E-state index is 15.3. The molecule has 0 unspecified atom stereocenters. The highest BCUT2D eigenvalue weighted by Gasteiger charge is 2.56. The quantitative estimate of drug-likeness (QED) is 0.169. The summed E-state index contributed by atoms with van der Waals surface area (Å²) in [4.78, 5) is 44.3. The van der Waals surface area contributed by atoms with Gasteiger partial charge in [-0.3, -0.25) is 24.3 Å². The molecule has 6 rings (SSSR count). The molecule has 0 spiro atoms. The maximum atomic E-state index is 15.3. The summed E-state index contributed by atoms with van der Waals surface area (Å²) in [5.41, 5.74) is 0.571. The fourth-order valence-corrected chi connectivity index (χ4v) is 5.95. The number of hydrogen-bond acceptors (Lipinski definition) is 8. The van der Waals surface area contributed by atoms with Crippen molar-refractivity contribution in [3.05, 3.63) is 84.3 Å². The molecule has 1 aliphatic carbocycles. The monoisotopic (exact) mass is 669 g/mol. The Labute approximate surface area is 284 Å². The van der Waals surface area contributed by atoms with Crippen molar-refractivity contribution in [3.8, 4) is 23.0 Å². The summed E-state index contributed by atoms with van der Waals surface area (Å²) in [7, 11) is 3.19. The number of anilines is 1. The van der Waals surface area contributed by atoms with Gasteiger partial charge in [-0.05, 0) is 74.5 Å². The number of piperidine rings is 1. The SMILES string of the molecule is CNC(=O)CN1CCC(COc2cc3nccc(Oc4ccc(NC(=O)C5(C(=O)NCc6ccccc6)CC5)cc4F)c3cc2OC)CC1. The predicted molar refractivity (Wildman–Crippen MR) is 182 cm³/mol. The van der Waals surface area contributed by atoms with Gasteiger partial charge in [-0.2, -0.15) is 0 Å². The van der Waals surface area contributed by atoms with Gasteiger partial charge < -0.3 is 30.2 Å². The first-order valence-corrected chi connectivity index (χ1v) is 16.4. The Kier molecular flexibility index (Phi) is 10.2. The summed E-state index contributed by atoms with van der Waals surface area (Å²) in [5, 5.41) is 8.81. The number of fused-ring (bicyclic) bond motifs is 1. The molecule has 3 N–H and O–H groups in total. The van der Waals surface area contributed by atoms with E-state index in [4.69, 9.17) is 14.2 Å². The van der Waals surface area contributed by atoms with Crippen LogP contribution in [0.3, 0.4) is 0 Å². The van der Waals surface area contributed by atoms with Gasteiger partial charge >= 0.3 is 0 Å². The zero-order valence-corrected chi connectivity index (χ0v) is 27.6. The number of hydrogen-bond donors (Lipinski definition) is 3. The van der Waals surface area contributed by atoms with E-state index >= 15 is 4.39 Å². The van der Waals surface area contributed by atoms with Crippen molar-refractivity contribution in [2.45, 2.75) is 32.2 Å². The van der Waals surface area contributed by atoms with Crippen molar-refractivity contribution < 1.29 is 33.0 Å². The minimum Gasteiger partial charge on any atom is -0.493 e. The molecular weight excluding hydrogens is 629 g/mol. The minimum absolute atomic E-state index is 0.0129. The van der Waals surface area contributed by atoms with Gasteiger partial charge in [0.25, 0.3) is 0 Å². The lowest BCUT2D eigenvalue weighted by Gasteiger charge is -2.31. The predicted octanol–water partition coefficient (Wildman–Crippen LogP) is 5.05. The molecule has 3 aromatic carbocycles. The summed E-state index contributed by atoms with van der Waals surface area (Å²) >= 11 is 0. The van der Waals surface area contributed by atoms with Gasteiger partial charge in [0.15, 0.2) is 23.1 Å². The molecule has 2 heterocycles. The number of rotatable bonds is 13. The van der Waals surface area contributed by atoms with E-state index in [2.05, 4.69) is 25.8 Å². The average Bonchev–Trinajstić information content (AvgIpc) is 3.94. The van der Waals surface area contributed by atoms with Crippen LogP contribution in [-0.4, -0.2) is 68.0 Å². The molecule has 2 fully saturated rings. The Balaban J connectivity index is 1.08. The van der Waals surface area contributed by atoms with Crippen molar-refractivity contribution in [1.29, 1.82) is 0 Å². The topological polar surface area (TPSA) is 131 Å². The molecule has 0 radical (unpaired) electrons. The first-order chi connectivity index (χ1) is 23.8. The largest absolute Gasteiger partial charge is 0.493 e. The Morgan fingerprint density at radius 2 is 1.71 bits per heavy atom. The van der Waals surface area contributed by atoms with Crippen LogP contribution in [0.5, 0.6) is 23.0 Å². The van der Waals surface area contributed by atoms with Crippen molar-refractivity contribution in [2.24, 2.45) is 11.3 Å². The molecule has 0 atom stereocenters. The number of nitrogens with zero attached hydrogens (tertiary/aromatic N) is 2. The first kappa shape index (κ1) is 33.7. The van der Waals surface area contributed by atoms with Crippen molar-refractivity contribution in [2.75, 3.05) is 45.7 Å². The van der Waals surface area contributed by atoms with E-state index in [1.54, 1.807) is 38.6 Å². The second-order valence-electron chi connectivity index (χ2n) is 12.5. The molecule has 1 aromatic heterocycles. The number of amides is 3. The molecule has 1 saturated heterocycles. The standard InChI is InChI=1S/C37H40FN5O6/c1-39-34(44)22-43-16-11-25(12-17-43)23-48-33-20-29-27(19-32(33)47-2)30(10-15-40-29)49-31-9-8-26(18-28(31)38)42-36(46)37(13-14-37)35(45)41-21-24-6-4-3-5-7-24/h3-10,15,18-20,25H,11-14,16-17,21-23H2,1-2H3,(H,39,44)(H,41,45)(H,42,46). The number of aromatic nitrogens is 1. The molecule has 2 aliphatic rings. The van der Waals surface area contributed by atoms with Crippen molar-refractivity contribution in [3.63, 3.8) is 0 Å². The summed E-state index contributed by atoms with van der Waals surface area (Å²) < 4.78 is 33.1.